The summed E-state index contributed by atoms with van der Waals surface area (Å²) >= 11 is 0. The third kappa shape index (κ3) is 10.7. The van der Waals surface area contributed by atoms with Crippen molar-refractivity contribution in [2.75, 3.05) is 6.61 Å². The molecule has 0 aromatic heterocycles. The van der Waals surface area contributed by atoms with Gasteiger partial charge in [-0.1, -0.05) is 139 Å². The zero-order valence-electron chi connectivity index (χ0n) is 31.4. The number of ether oxygens (including phenoxy) is 2. The number of ketones is 1. The lowest BCUT2D eigenvalue weighted by Crippen LogP contribution is -2.67. The second kappa shape index (κ2) is 17.4. The van der Waals surface area contributed by atoms with Crippen molar-refractivity contribution in [1.82, 2.24) is 0 Å². The smallest absolute Gasteiger partial charge is 0.330 e. The molecule has 2 aromatic rings. The summed E-state index contributed by atoms with van der Waals surface area (Å²) in [7, 11) is -5.09. The summed E-state index contributed by atoms with van der Waals surface area (Å²) in [6, 6.07) is 20.9. The molecule has 0 aliphatic carbocycles. The van der Waals surface area contributed by atoms with Crippen molar-refractivity contribution in [2.24, 2.45) is 0 Å². The highest BCUT2D eigenvalue weighted by molar-refractivity contribution is 6.99. The summed E-state index contributed by atoms with van der Waals surface area (Å²) in [4.78, 5) is 26.6. The molecule has 0 fully saturated rings. The second-order valence-corrected chi connectivity index (χ2v) is 25.1. The van der Waals surface area contributed by atoms with E-state index in [0.29, 0.717) is 19.3 Å². The van der Waals surface area contributed by atoms with Crippen molar-refractivity contribution < 1.29 is 27.9 Å². The molecule has 4 rings (SSSR count). The maximum absolute atomic E-state index is 13.3. The maximum Gasteiger partial charge on any atom is 0.330 e. The van der Waals surface area contributed by atoms with E-state index in [2.05, 4.69) is 109 Å². The number of hydrogen-bond donors (Lipinski definition) is 0. The van der Waals surface area contributed by atoms with Crippen molar-refractivity contribution in [3.63, 3.8) is 0 Å². The Balaban J connectivity index is 1.69. The van der Waals surface area contributed by atoms with E-state index in [4.69, 9.17) is 18.3 Å². The van der Waals surface area contributed by atoms with E-state index in [9.17, 15) is 9.59 Å². The van der Waals surface area contributed by atoms with Crippen molar-refractivity contribution in [3.8, 4) is 0 Å². The Morgan fingerprint density at radius 2 is 1.30 bits per heavy atom. The molecule has 270 valence electrons. The van der Waals surface area contributed by atoms with Crippen LogP contribution in [0.15, 0.2) is 109 Å². The van der Waals surface area contributed by atoms with Crippen LogP contribution in [0, 0.1) is 0 Å². The first-order valence-electron chi connectivity index (χ1n) is 18.1. The van der Waals surface area contributed by atoms with Gasteiger partial charge in [0.1, 0.15) is 6.10 Å². The highest BCUT2D eigenvalue weighted by atomic mass is 28.4. The number of rotatable bonds is 7. The van der Waals surface area contributed by atoms with Crippen molar-refractivity contribution in [2.45, 2.75) is 121 Å². The first-order valence-corrected chi connectivity index (χ1v) is 22.9. The van der Waals surface area contributed by atoms with Crippen LogP contribution in [0.3, 0.4) is 0 Å². The van der Waals surface area contributed by atoms with Gasteiger partial charge >= 0.3 is 5.97 Å². The number of cyclic esters (lactones) is 1. The molecule has 0 saturated carbocycles. The molecule has 2 aromatic carbocycles. The standard InChI is InChI=1S/C42H58O6Si2/c1-41(2,3)49(7,8)48-36-24-17-25-37(47-40(44)30-18-23-35-22-16-21-34(46-35)20-15-19-33(43)31-36)32-45-50(42(4,5)6,38-26-11-9-12-27-38)39-28-13-10-14-29-39/h9-19,22,24,26-30,34-37H,20-21,23,25,31-32H2,1-8H3/b19-15+,24-17+,30-18-/t34-,35+,36?,37+/m1/s1. The van der Waals surface area contributed by atoms with Gasteiger partial charge < -0.3 is 18.3 Å². The fourth-order valence-corrected chi connectivity index (χ4v) is 12.2. The average Bonchev–Trinajstić information content (AvgIpc) is 3.04. The fourth-order valence-electron chi connectivity index (χ4n) is 6.35. The number of carbonyl (C=O) groups is 2. The van der Waals surface area contributed by atoms with Crippen LogP contribution in [0.4, 0.5) is 0 Å². The van der Waals surface area contributed by atoms with Crippen LogP contribution < -0.4 is 10.4 Å². The molecule has 0 saturated heterocycles. The van der Waals surface area contributed by atoms with Gasteiger partial charge in [-0.15, -0.1) is 0 Å². The van der Waals surface area contributed by atoms with Crippen LogP contribution in [0.25, 0.3) is 0 Å². The number of benzene rings is 2. The van der Waals surface area contributed by atoms with E-state index in [0.717, 1.165) is 16.8 Å². The fraction of sp³-hybridized carbons (Fsp3) is 0.476. The number of esters is 1. The maximum atomic E-state index is 13.3. The first kappa shape index (κ1) is 39.6. The molecule has 2 aliphatic heterocycles. The zero-order chi connectivity index (χ0) is 36.4. The van der Waals surface area contributed by atoms with Crippen molar-refractivity contribution >= 4 is 38.8 Å². The van der Waals surface area contributed by atoms with Crippen LogP contribution in [0.1, 0.15) is 73.6 Å². The predicted octanol–water partition coefficient (Wildman–Crippen LogP) is 8.39. The van der Waals surface area contributed by atoms with Gasteiger partial charge in [0.2, 0.25) is 0 Å². The molecular weight excluding hydrogens is 657 g/mol. The quantitative estimate of drug-likeness (QED) is 0.163. The highest BCUT2D eigenvalue weighted by Gasteiger charge is 2.50. The average molecular weight is 715 g/mol. The summed E-state index contributed by atoms with van der Waals surface area (Å²) in [6.07, 6.45) is 16.6. The molecule has 0 N–H and O–H groups in total. The molecule has 2 bridgehead atoms. The summed E-state index contributed by atoms with van der Waals surface area (Å²) in [5.41, 5.74) is 0. The molecule has 2 aliphatic rings. The lowest BCUT2D eigenvalue weighted by Gasteiger charge is -2.43. The Morgan fingerprint density at radius 1 is 0.720 bits per heavy atom. The Morgan fingerprint density at radius 3 is 1.90 bits per heavy atom. The molecule has 0 amide bonds. The van der Waals surface area contributed by atoms with Gasteiger partial charge in [0.15, 0.2) is 14.1 Å². The minimum Gasteiger partial charge on any atom is -0.456 e. The number of carbonyl (C=O) groups excluding carboxylic acids is 2. The number of allylic oxidation sites excluding steroid dienone is 1. The Kier molecular flexibility index (Phi) is 13.8. The van der Waals surface area contributed by atoms with E-state index in [1.54, 1.807) is 6.08 Å². The van der Waals surface area contributed by atoms with Gasteiger partial charge in [-0.25, -0.2) is 4.79 Å². The second-order valence-electron chi connectivity index (χ2n) is 16.0. The molecule has 8 heteroatoms. The highest BCUT2D eigenvalue weighted by Crippen LogP contribution is 2.38. The normalized spacial score (nSPS) is 25.2. The molecule has 1 unspecified atom stereocenters. The molecule has 0 radical (unpaired) electrons. The molecule has 2 heterocycles. The predicted molar refractivity (Wildman–Crippen MR) is 209 cm³/mol. The van der Waals surface area contributed by atoms with Crippen LogP contribution in [0.5, 0.6) is 0 Å². The number of hydrogen-bond acceptors (Lipinski definition) is 6. The Hall–Kier alpha value is -3.15. The van der Waals surface area contributed by atoms with Crippen molar-refractivity contribution in [3.05, 3.63) is 109 Å². The van der Waals surface area contributed by atoms with E-state index >= 15 is 0 Å². The van der Waals surface area contributed by atoms with Crippen LogP contribution in [0.2, 0.25) is 23.2 Å². The molecular formula is C42H58O6Si2. The third-order valence-corrected chi connectivity index (χ3v) is 19.5. The van der Waals surface area contributed by atoms with E-state index in [1.807, 2.05) is 42.5 Å². The number of fused-ring (bicyclic) bond motifs is 2. The summed E-state index contributed by atoms with van der Waals surface area (Å²) in [5, 5.41) is 2.07. The minimum atomic E-state index is -2.88. The van der Waals surface area contributed by atoms with E-state index in [-0.39, 0.29) is 41.1 Å². The molecule has 6 nitrogen and oxygen atoms in total. The van der Waals surface area contributed by atoms with Gasteiger partial charge in [-0.2, -0.15) is 0 Å². The molecule has 0 spiro atoms. The zero-order valence-corrected chi connectivity index (χ0v) is 33.4. The van der Waals surface area contributed by atoms with E-state index < -0.39 is 34.8 Å². The summed E-state index contributed by atoms with van der Waals surface area (Å²) < 4.78 is 26.4. The summed E-state index contributed by atoms with van der Waals surface area (Å²) in [6.45, 7) is 17.9. The van der Waals surface area contributed by atoms with Crippen molar-refractivity contribution in [1.29, 1.82) is 0 Å². The SMILES string of the molecule is CC(C)(C)[Si](C)(C)OC1/C=C/C[C@@H](CO[Si](c2ccccc2)(c2ccccc2)C(C)(C)C)OC(=O)/C=C\C[C@@H]2C=CC[C@@H](C/C=C/C(=O)C1)O2. The van der Waals surface area contributed by atoms with Gasteiger partial charge in [0, 0.05) is 18.9 Å². The molecule has 4 atom stereocenters. The Labute approximate surface area is 302 Å². The summed E-state index contributed by atoms with van der Waals surface area (Å²) in [5.74, 6) is -0.401. The van der Waals surface area contributed by atoms with Crippen LogP contribution in [-0.4, -0.2) is 59.4 Å². The minimum absolute atomic E-state index is 0.0169. The van der Waals surface area contributed by atoms with Crippen LogP contribution in [-0.2, 0) is 27.9 Å². The Bertz CT molecular complexity index is 1480. The monoisotopic (exact) mass is 714 g/mol. The van der Waals surface area contributed by atoms with E-state index in [1.165, 1.54) is 6.08 Å². The topological polar surface area (TPSA) is 71.1 Å². The van der Waals surface area contributed by atoms with Gasteiger partial charge in [-0.05, 0) is 58.9 Å². The van der Waals surface area contributed by atoms with Gasteiger partial charge in [-0.3, -0.25) is 4.79 Å². The first-order chi connectivity index (χ1) is 23.6. The lowest BCUT2D eigenvalue weighted by molar-refractivity contribution is -0.144. The molecule has 50 heavy (non-hydrogen) atoms. The third-order valence-electron chi connectivity index (χ3n) is 10.0. The van der Waals surface area contributed by atoms with Gasteiger partial charge in [0.25, 0.3) is 8.32 Å². The lowest BCUT2D eigenvalue weighted by atomic mass is 10.1. The largest absolute Gasteiger partial charge is 0.456 e. The van der Waals surface area contributed by atoms with Crippen LogP contribution >= 0.6 is 0 Å². The van der Waals surface area contributed by atoms with Gasteiger partial charge in [0.05, 0.1) is 24.9 Å².